The van der Waals surface area contributed by atoms with Crippen LogP contribution in [0.5, 0.6) is 0 Å². The van der Waals surface area contributed by atoms with Crippen LogP contribution in [0.15, 0.2) is 36.4 Å². The summed E-state index contributed by atoms with van der Waals surface area (Å²) in [6, 6.07) is 9.81. The van der Waals surface area contributed by atoms with E-state index >= 15 is 4.39 Å². The van der Waals surface area contributed by atoms with E-state index in [9.17, 15) is 9.59 Å². The fraction of sp³-hybridized carbons (Fsp3) is 0.481. The van der Waals surface area contributed by atoms with Crippen LogP contribution in [0, 0.1) is 17.7 Å². The van der Waals surface area contributed by atoms with E-state index in [-0.39, 0.29) is 24.2 Å². The average molecular weight is 491 g/mol. The largest absolute Gasteiger partial charge is 0.469 e. The van der Waals surface area contributed by atoms with E-state index in [1.165, 1.54) is 13.2 Å². The molecule has 0 bridgehead atoms. The molecule has 0 radical (unpaired) electrons. The zero-order valence-electron chi connectivity index (χ0n) is 21.0. The molecular formula is C27H36ClFN2O3. The molecule has 1 N–H and O–H groups in total. The molecule has 1 unspecified atom stereocenters. The lowest BCUT2D eigenvalue weighted by Crippen LogP contribution is -2.33. The molecule has 0 spiro atoms. The van der Waals surface area contributed by atoms with Gasteiger partial charge in [0.15, 0.2) is 0 Å². The Labute approximate surface area is 207 Å². The Morgan fingerprint density at radius 1 is 1.06 bits per heavy atom. The number of methoxy groups -OCH3 is 1. The fourth-order valence-electron chi connectivity index (χ4n) is 3.99. The Bertz CT molecular complexity index is 967. The van der Waals surface area contributed by atoms with Crippen molar-refractivity contribution in [1.82, 2.24) is 0 Å². The Morgan fingerprint density at radius 3 is 2.15 bits per heavy atom. The van der Waals surface area contributed by atoms with Crippen LogP contribution in [-0.2, 0) is 9.53 Å². The second-order valence-corrected chi connectivity index (χ2v) is 9.87. The standard InChI is InChI=1S/C27H36ClFN2O3/c1-7-19(14-25(32)34-6)21-12-23(29)26(31(15-17(2)3)16-18(4)5)24(13-21)30-27(33)20-8-10-22(28)11-9-20/h8-13,17-19H,7,14-16H2,1-6H3,(H,30,33). The smallest absolute Gasteiger partial charge is 0.306 e. The third-order valence-corrected chi connectivity index (χ3v) is 5.78. The third kappa shape index (κ3) is 7.73. The van der Waals surface area contributed by atoms with Crippen LogP contribution in [0.25, 0.3) is 0 Å². The molecule has 7 heteroatoms. The summed E-state index contributed by atoms with van der Waals surface area (Å²) in [5.41, 5.74) is 1.82. The lowest BCUT2D eigenvalue weighted by Gasteiger charge is -2.31. The number of halogens is 2. The molecule has 2 aromatic rings. The van der Waals surface area contributed by atoms with E-state index in [0.717, 1.165) is 0 Å². The van der Waals surface area contributed by atoms with Gasteiger partial charge in [-0.3, -0.25) is 9.59 Å². The highest BCUT2D eigenvalue weighted by molar-refractivity contribution is 6.30. The molecular weight excluding hydrogens is 455 g/mol. The highest BCUT2D eigenvalue weighted by atomic mass is 35.5. The fourth-order valence-corrected chi connectivity index (χ4v) is 4.12. The molecule has 0 aliphatic carbocycles. The molecule has 186 valence electrons. The van der Waals surface area contributed by atoms with Crippen molar-refractivity contribution in [1.29, 1.82) is 0 Å². The highest BCUT2D eigenvalue weighted by Gasteiger charge is 2.24. The highest BCUT2D eigenvalue weighted by Crippen LogP contribution is 2.36. The predicted octanol–water partition coefficient (Wildman–Crippen LogP) is 6.91. The van der Waals surface area contributed by atoms with E-state index in [4.69, 9.17) is 16.3 Å². The summed E-state index contributed by atoms with van der Waals surface area (Å²) in [6.07, 6.45) is 0.762. The van der Waals surface area contributed by atoms with Crippen LogP contribution >= 0.6 is 11.6 Å². The van der Waals surface area contributed by atoms with E-state index in [1.54, 1.807) is 30.3 Å². The van der Waals surface area contributed by atoms with Gasteiger partial charge in [-0.2, -0.15) is 0 Å². The molecule has 0 saturated carbocycles. The summed E-state index contributed by atoms with van der Waals surface area (Å²) >= 11 is 5.96. The van der Waals surface area contributed by atoms with Gasteiger partial charge in [0, 0.05) is 23.7 Å². The SMILES string of the molecule is CCC(CC(=O)OC)c1cc(F)c(N(CC(C)C)CC(C)C)c(NC(=O)c2ccc(Cl)cc2)c1. The van der Waals surface area contributed by atoms with E-state index in [0.29, 0.717) is 58.9 Å². The second kappa shape index (κ2) is 12.7. The Morgan fingerprint density at radius 2 is 1.65 bits per heavy atom. The molecule has 0 aliphatic rings. The normalized spacial score (nSPS) is 12.1. The number of nitrogens with zero attached hydrogens (tertiary/aromatic N) is 1. The molecule has 2 aromatic carbocycles. The summed E-state index contributed by atoms with van der Waals surface area (Å²) in [4.78, 5) is 27.0. The topological polar surface area (TPSA) is 58.6 Å². The van der Waals surface area contributed by atoms with Gasteiger partial charge in [-0.25, -0.2) is 4.39 Å². The van der Waals surface area contributed by atoms with Gasteiger partial charge in [-0.05, 0) is 66.1 Å². The molecule has 0 fully saturated rings. The monoisotopic (exact) mass is 490 g/mol. The van der Waals surface area contributed by atoms with Crippen LogP contribution in [0.3, 0.4) is 0 Å². The molecule has 0 aliphatic heterocycles. The first-order chi connectivity index (χ1) is 16.0. The van der Waals surface area contributed by atoms with Crippen molar-refractivity contribution in [3.8, 4) is 0 Å². The van der Waals surface area contributed by atoms with Gasteiger partial charge in [0.25, 0.3) is 5.91 Å². The Balaban J connectivity index is 2.58. The first kappa shape index (κ1) is 27.6. The number of carbonyl (C=O) groups excluding carboxylic acids is 2. The van der Waals surface area contributed by atoms with Crippen molar-refractivity contribution in [3.05, 3.63) is 58.4 Å². The Kier molecular flexibility index (Phi) is 10.4. The van der Waals surface area contributed by atoms with Gasteiger partial charge >= 0.3 is 5.97 Å². The van der Waals surface area contributed by atoms with Crippen LogP contribution in [0.2, 0.25) is 5.02 Å². The van der Waals surface area contributed by atoms with Gasteiger partial charge in [0.2, 0.25) is 0 Å². The maximum Gasteiger partial charge on any atom is 0.306 e. The van der Waals surface area contributed by atoms with Crippen LogP contribution in [0.1, 0.15) is 69.3 Å². The summed E-state index contributed by atoms with van der Waals surface area (Å²) in [5, 5.41) is 3.45. The number of hydrogen-bond donors (Lipinski definition) is 1. The van der Waals surface area contributed by atoms with Gasteiger partial charge in [-0.15, -0.1) is 0 Å². The van der Waals surface area contributed by atoms with E-state index < -0.39 is 5.82 Å². The van der Waals surface area contributed by atoms with Gasteiger partial charge in [0.05, 0.1) is 24.9 Å². The lowest BCUT2D eigenvalue weighted by atomic mass is 9.92. The molecule has 1 amide bonds. The number of rotatable bonds is 11. The van der Waals surface area contributed by atoms with E-state index in [1.807, 2.05) is 11.8 Å². The van der Waals surface area contributed by atoms with Crippen LogP contribution in [0.4, 0.5) is 15.8 Å². The number of ether oxygens (including phenoxy) is 1. The zero-order chi connectivity index (χ0) is 25.4. The van der Waals surface area contributed by atoms with Gasteiger partial charge in [0.1, 0.15) is 5.82 Å². The maximum absolute atomic E-state index is 15.8. The van der Waals surface area contributed by atoms with Crippen LogP contribution in [-0.4, -0.2) is 32.1 Å². The molecule has 1 atom stereocenters. The first-order valence-electron chi connectivity index (χ1n) is 11.8. The third-order valence-electron chi connectivity index (χ3n) is 5.53. The zero-order valence-corrected chi connectivity index (χ0v) is 21.7. The minimum absolute atomic E-state index is 0.137. The van der Waals surface area contributed by atoms with Crippen molar-refractivity contribution < 1.29 is 18.7 Å². The number of hydrogen-bond acceptors (Lipinski definition) is 4. The molecule has 0 aromatic heterocycles. The number of benzene rings is 2. The van der Waals surface area contributed by atoms with Gasteiger partial charge in [-0.1, -0.05) is 46.2 Å². The van der Waals surface area contributed by atoms with Crippen molar-refractivity contribution in [2.75, 3.05) is 30.4 Å². The Hall–Kier alpha value is -2.60. The number of carbonyl (C=O) groups is 2. The van der Waals surface area contributed by atoms with Crippen molar-refractivity contribution in [2.45, 2.75) is 53.4 Å². The van der Waals surface area contributed by atoms with Crippen molar-refractivity contribution in [3.63, 3.8) is 0 Å². The van der Waals surface area contributed by atoms with Crippen molar-refractivity contribution >= 4 is 34.9 Å². The average Bonchev–Trinajstić information content (AvgIpc) is 2.76. The molecule has 5 nitrogen and oxygen atoms in total. The summed E-state index contributed by atoms with van der Waals surface area (Å²) in [7, 11) is 1.34. The minimum Gasteiger partial charge on any atom is -0.469 e. The summed E-state index contributed by atoms with van der Waals surface area (Å²) < 4.78 is 20.6. The van der Waals surface area contributed by atoms with Crippen molar-refractivity contribution in [2.24, 2.45) is 11.8 Å². The molecule has 34 heavy (non-hydrogen) atoms. The molecule has 2 rings (SSSR count). The second-order valence-electron chi connectivity index (χ2n) is 9.44. The minimum atomic E-state index is -0.423. The number of nitrogens with one attached hydrogen (secondary N) is 1. The summed E-state index contributed by atoms with van der Waals surface area (Å²) in [5.74, 6) is -0.783. The molecule has 0 saturated heterocycles. The summed E-state index contributed by atoms with van der Waals surface area (Å²) in [6.45, 7) is 11.5. The number of esters is 1. The van der Waals surface area contributed by atoms with E-state index in [2.05, 4.69) is 33.0 Å². The van der Waals surface area contributed by atoms with Gasteiger partial charge < -0.3 is 15.0 Å². The van der Waals surface area contributed by atoms with Crippen LogP contribution < -0.4 is 10.2 Å². The number of anilines is 2. The quantitative estimate of drug-likeness (QED) is 0.348. The molecule has 0 heterocycles. The number of amides is 1. The maximum atomic E-state index is 15.8. The first-order valence-corrected chi connectivity index (χ1v) is 12.2. The predicted molar refractivity (Wildman–Crippen MR) is 137 cm³/mol. The lowest BCUT2D eigenvalue weighted by molar-refractivity contribution is -0.141.